The largest absolute Gasteiger partial charge is 0.508 e. The lowest BCUT2D eigenvalue weighted by molar-refractivity contribution is 0.121. The molecule has 0 aromatic heterocycles. The average Bonchev–Trinajstić information content (AvgIpc) is 1.87. The summed E-state index contributed by atoms with van der Waals surface area (Å²) in [5, 5.41) is 0. The lowest BCUT2D eigenvalue weighted by Crippen LogP contribution is -2.01. The van der Waals surface area contributed by atoms with E-state index in [1.165, 1.54) is 0 Å². The number of hydrogen-bond acceptors (Lipinski definition) is 3. The second-order valence-corrected chi connectivity index (χ2v) is 1.49. The van der Waals surface area contributed by atoms with Gasteiger partial charge in [-0.05, 0) is 6.92 Å². The zero-order valence-corrected chi connectivity index (χ0v) is 5.23. The van der Waals surface area contributed by atoms with Crippen molar-refractivity contribution in [2.24, 2.45) is 0 Å². The first kappa shape index (κ1) is 16.0. The Bertz CT molecular complexity index is 97.7. The second kappa shape index (κ2) is 6.18. The number of ether oxygens (including phenoxy) is 2. The molecule has 6 heteroatoms. The van der Waals surface area contributed by atoms with Gasteiger partial charge in [0.25, 0.3) is 0 Å². The molecule has 1 atom stereocenters. The van der Waals surface area contributed by atoms with Crippen molar-refractivity contribution in [3.8, 4) is 0 Å². The van der Waals surface area contributed by atoms with Gasteiger partial charge in [0.05, 0.1) is 0 Å². The molecule has 1 unspecified atom stereocenters. The Labute approximate surface area is 55.4 Å². The maximum absolute atomic E-state index is 10.0. The molecule has 0 N–H and O–H groups in total. The van der Waals surface area contributed by atoms with Gasteiger partial charge in [0.15, 0.2) is 0 Å². The van der Waals surface area contributed by atoms with E-state index in [2.05, 4.69) is 9.47 Å². The zero-order valence-electron chi connectivity index (χ0n) is 5.23. The molecule has 1 aliphatic rings. The topological polar surface area (TPSA) is 35.5 Å². The van der Waals surface area contributed by atoms with E-state index in [4.69, 9.17) is 0 Å². The summed E-state index contributed by atoms with van der Waals surface area (Å²) in [4.78, 5) is 10.0. The Hall–Kier alpha value is -0.940. The van der Waals surface area contributed by atoms with Gasteiger partial charge in [-0.3, -0.25) is 14.1 Å². The molecule has 1 saturated heterocycles. The molecule has 1 rings (SSSR count). The fourth-order valence-corrected chi connectivity index (χ4v) is 0.418. The molecule has 0 aliphatic carbocycles. The Morgan fingerprint density at radius 3 is 2.00 bits per heavy atom. The van der Waals surface area contributed by atoms with Gasteiger partial charge >= 0.3 is 6.16 Å². The van der Waals surface area contributed by atoms with E-state index in [-0.39, 0.29) is 20.2 Å². The highest BCUT2D eigenvalue weighted by Gasteiger charge is 2.19. The Balaban J connectivity index is -0.000000163. The third-order valence-electron chi connectivity index (χ3n) is 0.733. The second-order valence-electron chi connectivity index (χ2n) is 1.49. The molecule has 1 aliphatic heterocycles. The smallest absolute Gasteiger partial charge is 0.430 e. The Morgan fingerprint density at radius 1 is 1.40 bits per heavy atom. The van der Waals surface area contributed by atoms with Crippen LogP contribution in [0.3, 0.4) is 0 Å². The summed E-state index contributed by atoms with van der Waals surface area (Å²) < 4.78 is 8.90. The normalized spacial score (nSPS) is 20.5. The SMILES string of the molecule is CC1COC(=O)O1.F.F.F. The lowest BCUT2D eigenvalue weighted by Gasteiger charge is -1.90. The zero-order chi connectivity index (χ0) is 5.28. The third-order valence-corrected chi connectivity index (χ3v) is 0.733. The molecule has 0 amide bonds. The molecule has 3 nitrogen and oxygen atoms in total. The quantitative estimate of drug-likeness (QED) is 0.498. The van der Waals surface area contributed by atoms with E-state index in [0.717, 1.165) is 0 Å². The van der Waals surface area contributed by atoms with Crippen molar-refractivity contribution in [1.29, 1.82) is 0 Å². The van der Waals surface area contributed by atoms with Gasteiger partial charge in [0.2, 0.25) is 0 Å². The summed E-state index contributed by atoms with van der Waals surface area (Å²) in [6, 6.07) is 0. The minimum atomic E-state index is -0.549. The van der Waals surface area contributed by atoms with Gasteiger partial charge in [0, 0.05) is 0 Å². The molecular weight excluding hydrogens is 153 g/mol. The van der Waals surface area contributed by atoms with E-state index >= 15 is 0 Å². The van der Waals surface area contributed by atoms with Crippen molar-refractivity contribution in [3.05, 3.63) is 0 Å². The first-order chi connectivity index (χ1) is 3.29. The number of carbonyl (C=O) groups excluding carboxylic acids is 1. The fourth-order valence-electron chi connectivity index (χ4n) is 0.418. The summed E-state index contributed by atoms with van der Waals surface area (Å²) in [5.41, 5.74) is 0. The summed E-state index contributed by atoms with van der Waals surface area (Å²) in [7, 11) is 0. The number of hydrogen-bond donors (Lipinski definition) is 0. The van der Waals surface area contributed by atoms with Gasteiger partial charge in [-0.1, -0.05) is 0 Å². The lowest BCUT2D eigenvalue weighted by atomic mass is 10.5. The minimum Gasteiger partial charge on any atom is -0.430 e. The van der Waals surface area contributed by atoms with Crippen LogP contribution in [0.1, 0.15) is 6.92 Å². The van der Waals surface area contributed by atoms with Gasteiger partial charge in [0.1, 0.15) is 12.7 Å². The van der Waals surface area contributed by atoms with Crippen LogP contribution < -0.4 is 0 Å². The van der Waals surface area contributed by atoms with E-state index in [0.29, 0.717) is 6.61 Å². The number of halogens is 3. The molecule has 0 bridgehead atoms. The predicted molar refractivity (Wildman–Crippen MR) is 29.4 cm³/mol. The van der Waals surface area contributed by atoms with Gasteiger partial charge in [-0.2, -0.15) is 0 Å². The highest BCUT2D eigenvalue weighted by Crippen LogP contribution is 2.02. The molecule has 64 valence electrons. The van der Waals surface area contributed by atoms with Crippen molar-refractivity contribution in [2.45, 2.75) is 13.0 Å². The van der Waals surface area contributed by atoms with E-state index in [1.807, 2.05) is 0 Å². The molecule has 0 spiro atoms. The van der Waals surface area contributed by atoms with Crippen LogP contribution in [0.5, 0.6) is 0 Å². The maximum Gasteiger partial charge on any atom is 0.508 e. The van der Waals surface area contributed by atoms with Crippen LogP contribution in [0.4, 0.5) is 18.9 Å². The summed E-state index contributed by atoms with van der Waals surface area (Å²) in [6.45, 7) is 2.18. The molecule has 0 aromatic carbocycles. The van der Waals surface area contributed by atoms with E-state index in [1.54, 1.807) is 6.92 Å². The Kier molecular flexibility index (Phi) is 9.91. The first-order valence-corrected chi connectivity index (χ1v) is 2.12. The van der Waals surface area contributed by atoms with Gasteiger partial charge in [-0.25, -0.2) is 4.79 Å². The minimum absolute atomic E-state index is 0. The van der Waals surface area contributed by atoms with Crippen molar-refractivity contribution >= 4 is 6.16 Å². The number of rotatable bonds is 0. The van der Waals surface area contributed by atoms with Crippen molar-refractivity contribution in [3.63, 3.8) is 0 Å². The highest BCUT2D eigenvalue weighted by molar-refractivity contribution is 5.61. The van der Waals surface area contributed by atoms with Crippen LogP contribution in [0, 0.1) is 0 Å². The average molecular weight is 162 g/mol. The fraction of sp³-hybridized carbons (Fsp3) is 0.750. The van der Waals surface area contributed by atoms with Crippen LogP contribution in [0.25, 0.3) is 0 Å². The van der Waals surface area contributed by atoms with Crippen molar-refractivity contribution < 1.29 is 28.4 Å². The Morgan fingerprint density at radius 2 is 1.90 bits per heavy atom. The molecule has 1 heterocycles. The van der Waals surface area contributed by atoms with Crippen molar-refractivity contribution in [2.75, 3.05) is 6.61 Å². The monoisotopic (exact) mass is 162 g/mol. The first-order valence-electron chi connectivity index (χ1n) is 2.12. The van der Waals surface area contributed by atoms with Gasteiger partial charge in [-0.15, -0.1) is 0 Å². The molecule has 1 fully saturated rings. The van der Waals surface area contributed by atoms with Crippen LogP contribution in [0.15, 0.2) is 0 Å². The van der Waals surface area contributed by atoms with Gasteiger partial charge < -0.3 is 9.47 Å². The van der Waals surface area contributed by atoms with E-state index < -0.39 is 6.16 Å². The molecule has 0 radical (unpaired) electrons. The molecule has 10 heavy (non-hydrogen) atoms. The maximum atomic E-state index is 10.0. The number of carbonyl (C=O) groups is 1. The standard InChI is InChI=1S/C4H6O3.3FH/c1-3-2-6-4(5)7-3;;;/h3H,2H2,1H3;3*1H. The van der Waals surface area contributed by atoms with Crippen molar-refractivity contribution in [1.82, 2.24) is 0 Å². The molecular formula is C4H9F3O3. The molecule has 0 saturated carbocycles. The van der Waals surface area contributed by atoms with E-state index in [9.17, 15) is 4.79 Å². The third kappa shape index (κ3) is 3.99. The number of cyclic esters (lactones) is 2. The summed E-state index contributed by atoms with van der Waals surface area (Å²) in [6.07, 6.45) is -0.597. The highest BCUT2D eigenvalue weighted by atomic mass is 19.0. The van der Waals surface area contributed by atoms with Crippen LogP contribution in [-0.2, 0) is 9.47 Å². The predicted octanol–water partition coefficient (Wildman–Crippen LogP) is 0.999. The summed E-state index contributed by atoms with van der Waals surface area (Å²) >= 11 is 0. The summed E-state index contributed by atoms with van der Waals surface area (Å²) in [5.74, 6) is 0. The molecule has 0 aromatic rings. The van der Waals surface area contributed by atoms with Crippen LogP contribution in [0.2, 0.25) is 0 Å². The van der Waals surface area contributed by atoms with Crippen LogP contribution in [-0.4, -0.2) is 18.9 Å². The van der Waals surface area contributed by atoms with Crippen LogP contribution >= 0.6 is 0 Å².